The Labute approximate surface area is 176 Å². The molecule has 1 amide bonds. The van der Waals surface area contributed by atoms with Gasteiger partial charge in [-0.25, -0.2) is 8.42 Å². The van der Waals surface area contributed by atoms with Gasteiger partial charge in [0.15, 0.2) is 5.78 Å². The molecule has 0 spiro atoms. The number of carbonyl (C=O) groups is 2. The van der Waals surface area contributed by atoms with Gasteiger partial charge in [0, 0.05) is 42.2 Å². The summed E-state index contributed by atoms with van der Waals surface area (Å²) >= 11 is 5.81. The van der Waals surface area contributed by atoms with Gasteiger partial charge in [-0.15, -0.1) is 0 Å². The topological polar surface area (TPSA) is 83.6 Å². The maximum Gasteiger partial charge on any atom is 0.243 e. The number of nitrogens with one attached hydrogen (secondary N) is 1. The zero-order chi connectivity index (χ0) is 21.6. The van der Waals surface area contributed by atoms with Gasteiger partial charge in [-0.2, -0.15) is 4.31 Å². The molecule has 1 N–H and O–H groups in total. The van der Waals surface area contributed by atoms with Crippen molar-refractivity contribution in [1.82, 2.24) is 4.31 Å². The first kappa shape index (κ1) is 23.1. The first-order valence-corrected chi connectivity index (χ1v) is 11.2. The average molecular weight is 437 g/mol. The van der Waals surface area contributed by atoms with E-state index in [4.69, 9.17) is 11.6 Å². The van der Waals surface area contributed by atoms with Crippen LogP contribution in [0, 0.1) is 6.92 Å². The van der Waals surface area contributed by atoms with Gasteiger partial charge in [0.2, 0.25) is 15.9 Å². The fourth-order valence-corrected chi connectivity index (χ4v) is 4.72. The van der Waals surface area contributed by atoms with Crippen LogP contribution in [0.15, 0.2) is 47.4 Å². The van der Waals surface area contributed by atoms with Gasteiger partial charge in [-0.3, -0.25) is 9.59 Å². The Kier molecular flexibility index (Phi) is 7.96. The second kappa shape index (κ2) is 10.0. The fraction of sp³-hybridized carbons (Fsp3) is 0.333. The van der Waals surface area contributed by atoms with Gasteiger partial charge in [0.25, 0.3) is 0 Å². The number of ketones is 1. The molecule has 0 saturated heterocycles. The summed E-state index contributed by atoms with van der Waals surface area (Å²) < 4.78 is 27.0. The lowest BCUT2D eigenvalue weighted by molar-refractivity contribution is -0.116. The molecule has 0 aliphatic heterocycles. The van der Waals surface area contributed by atoms with E-state index in [1.54, 1.807) is 57.2 Å². The minimum Gasteiger partial charge on any atom is -0.326 e. The normalized spacial score (nSPS) is 11.5. The Morgan fingerprint density at radius 1 is 1.00 bits per heavy atom. The first-order chi connectivity index (χ1) is 13.7. The first-order valence-electron chi connectivity index (χ1n) is 9.38. The summed E-state index contributed by atoms with van der Waals surface area (Å²) in [6.45, 7) is 6.00. The third-order valence-corrected chi connectivity index (χ3v) is 6.98. The molecule has 156 valence electrons. The van der Waals surface area contributed by atoms with E-state index in [0.717, 1.165) is 0 Å². The van der Waals surface area contributed by atoms with Crippen LogP contribution in [-0.4, -0.2) is 37.5 Å². The number of rotatable bonds is 9. The molecule has 0 aliphatic rings. The summed E-state index contributed by atoms with van der Waals surface area (Å²) in [5, 5.41) is 3.21. The number of nitrogens with zero attached hydrogens (tertiary/aromatic N) is 1. The quantitative estimate of drug-likeness (QED) is 0.594. The van der Waals surface area contributed by atoms with Crippen LogP contribution in [0.25, 0.3) is 0 Å². The second-order valence-corrected chi connectivity index (χ2v) is 8.89. The molecule has 0 fully saturated rings. The van der Waals surface area contributed by atoms with Crippen molar-refractivity contribution in [3.05, 3.63) is 58.6 Å². The van der Waals surface area contributed by atoms with Crippen molar-refractivity contribution in [3.63, 3.8) is 0 Å². The third-order valence-electron chi connectivity index (χ3n) is 4.54. The van der Waals surface area contributed by atoms with E-state index in [2.05, 4.69) is 5.32 Å². The summed E-state index contributed by atoms with van der Waals surface area (Å²) in [7, 11) is -3.64. The molecule has 29 heavy (non-hydrogen) atoms. The molecule has 2 aromatic carbocycles. The summed E-state index contributed by atoms with van der Waals surface area (Å²) in [6, 6.07) is 11.3. The molecule has 6 nitrogen and oxygen atoms in total. The highest BCUT2D eigenvalue weighted by atomic mass is 35.5. The minimum absolute atomic E-state index is 0.00648. The van der Waals surface area contributed by atoms with Gasteiger partial charge in [0.1, 0.15) is 0 Å². The molecule has 0 unspecified atom stereocenters. The molecular weight excluding hydrogens is 412 g/mol. The van der Waals surface area contributed by atoms with E-state index in [0.29, 0.717) is 34.9 Å². The third kappa shape index (κ3) is 5.88. The maximum absolute atomic E-state index is 12.8. The van der Waals surface area contributed by atoms with Crippen molar-refractivity contribution in [2.75, 3.05) is 18.4 Å². The standard InChI is InChI=1S/C21H25ClN2O4S/c1-4-24(5-2)29(27,28)20-14-18(11-6-15(20)3)23-21(26)13-12-19(25)16-7-9-17(22)10-8-16/h6-11,14H,4-5,12-13H2,1-3H3,(H,23,26). The van der Waals surface area contributed by atoms with Crippen LogP contribution in [0.5, 0.6) is 0 Å². The molecule has 0 atom stereocenters. The summed E-state index contributed by atoms with van der Waals surface area (Å²) in [5.41, 5.74) is 1.48. The van der Waals surface area contributed by atoms with Crippen molar-refractivity contribution in [2.45, 2.75) is 38.5 Å². The Bertz CT molecular complexity index is 984. The van der Waals surface area contributed by atoms with Crippen molar-refractivity contribution in [3.8, 4) is 0 Å². The molecule has 0 saturated carbocycles. The minimum atomic E-state index is -3.64. The Morgan fingerprint density at radius 2 is 1.62 bits per heavy atom. The highest BCUT2D eigenvalue weighted by molar-refractivity contribution is 7.89. The van der Waals surface area contributed by atoms with Crippen LogP contribution in [-0.2, 0) is 14.8 Å². The zero-order valence-corrected chi connectivity index (χ0v) is 18.3. The summed E-state index contributed by atoms with van der Waals surface area (Å²) in [5.74, 6) is -0.520. The molecule has 0 bridgehead atoms. The number of anilines is 1. The number of sulfonamides is 1. The number of amides is 1. The summed E-state index contributed by atoms with van der Waals surface area (Å²) in [4.78, 5) is 24.6. The van der Waals surface area contributed by atoms with E-state index in [-0.39, 0.29) is 29.4 Å². The van der Waals surface area contributed by atoms with E-state index >= 15 is 0 Å². The summed E-state index contributed by atoms with van der Waals surface area (Å²) in [6.07, 6.45) is 0.0391. The van der Waals surface area contributed by atoms with Crippen LogP contribution < -0.4 is 5.32 Å². The highest BCUT2D eigenvalue weighted by Gasteiger charge is 2.24. The van der Waals surface area contributed by atoms with Crippen molar-refractivity contribution < 1.29 is 18.0 Å². The molecule has 2 aromatic rings. The van der Waals surface area contributed by atoms with Gasteiger partial charge in [-0.05, 0) is 48.9 Å². The van der Waals surface area contributed by atoms with Gasteiger partial charge >= 0.3 is 0 Å². The number of aryl methyl sites for hydroxylation is 1. The van der Waals surface area contributed by atoms with E-state index < -0.39 is 10.0 Å². The molecule has 8 heteroatoms. The molecule has 0 heterocycles. The van der Waals surface area contributed by atoms with E-state index in [1.165, 1.54) is 10.4 Å². The Hall–Kier alpha value is -2.22. The van der Waals surface area contributed by atoms with Crippen LogP contribution >= 0.6 is 11.6 Å². The maximum atomic E-state index is 12.8. The van der Waals surface area contributed by atoms with Crippen LogP contribution in [0.3, 0.4) is 0 Å². The SMILES string of the molecule is CCN(CC)S(=O)(=O)c1cc(NC(=O)CCC(=O)c2ccc(Cl)cc2)ccc1C. The Balaban J connectivity index is 2.07. The molecular formula is C21H25ClN2O4S. The smallest absolute Gasteiger partial charge is 0.243 e. The molecule has 0 aromatic heterocycles. The van der Waals surface area contributed by atoms with Crippen molar-refractivity contribution >= 4 is 39.0 Å². The number of Topliss-reactive ketones (excluding diaryl/α,β-unsaturated/α-hetero) is 1. The van der Waals surface area contributed by atoms with E-state index in [1.807, 2.05) is 0 Å². The molecule has 0 aliphatic carbocycles. The number of hydrogen-bond acceptors (Lipinski definition) is 4. The van der Waals surface area contributed by atoms with Gasteiger partial charge in [0.05, 0.1) is 4.90 Å². The predicted molar refractivity (Wildman–Crippen MR) is 115 cm³/mol. The largest absolute Gasteiger partial charge is 0.326 e. The number of carbonyl (C=O) groups excluding carboxylic acids is 2. The van der Waals surface area contributed by atoms with Crippen LogP contribution in [0.4, 0.5) is 5.69 Å². The highest BCUT2D eigenvalue weighted by Crippen LogP contribution is 2.24. The molecule has 2 rings (SSSR count). The van der Waals surface area contributed by atoms with Crippen molar-refractivity contribution in [1.29, 1.82) is 0 Å². The van der Waals surface area contributed by atoms with Crippen LogP contribution in [0.1, 0.15) is 42.6 Å². The number of halogens is 1. The zero-order valence-electron chi connectivity index (χ0n) is 16.7. The van der Waals surface area contributed by atoms with Crippen molar-refractivity contribution in [2.24, 2.45) is 0 Å². The number of hydrogen-bond donors (Lipinski definition) is 1. The fourth-order valence-electron chi connectivity index (χ4n) is 2.89. The average Bonchev–Trinajstić information content (AvgIpc) is 2.68. The predicted octanol–water partition coefficient (Wildman–Crippen LogP) is 4.28. The lowest BCUT2D eigenvalue weighted by atomic mass is 10.1. The van der Waals surface area contributed by atoms with E-state index in [9.17, 15) is 18.0 Å². The van der Waals surface area contributed by atoms with Gasteiger partial charge < -0.3 is 5.32 Å². The monoisotopic (exact) mass is 436 g/mol. The molecule has 0 radical (unpaired) electrons. The van der Waals surface area contributed by atoms with Gasteiger partial charge in [-0.1, -0.05) is 31.5 Å². The second-order valence-electron chi connectivity index (χ2n) is 6.55. The lowest BCUT2D eigenvalue weighted by Crippen LogP contribution is -2.31. The Morgan fingerprint density at radius 3 is 2.21 bits per heavy atom. The van der Waals surface area contributed by atoms with Crippen LogP contribution in [0.2, 0.25) is 5.02 Å². The number of benzene rings is 2. The lowest BCUT2D eigenvalue weighted by Gasteiger charge is -2.20.